The lowest BCUT2D eigenvalue weighted by Gasteiger charge is -2.17. The van der Waals surface area contributed by atoms with Crippen LogP contribution in [0.4, 0.5) is 0 Å². The number of carbonyl (C=O) groups is 2. The van der Waals surface area contributed by atoms with Gasteiger partial charge in [0.25, 0.3) is 5.91 Å². The van der Waals surface area contributed by atoms with Crippen LogP contribution in [-0.2, 0) is 4.79 Å². The maximum Gasteiger partial charge on any atom is 0.308 e. The molecule has 6 nitrogen and oxygen atoms in total. The number of nitrogens with zero attached hydrogens (tertiary/aromatic N) is 2. The third kappa shape index (κ3) is 3.65. The van der Waals surface area contributed by atoms with Crippen LogP contribution in [0.1, 0.15) is 28.8 Å². The number of carboxylic acids is 1. The normalized spacial score (nSPS) is 19.4. The van der Waals surface area contributed by atoms with Crippen LogP contribution < -0.4 is 4.74 Å². The predicted octanol–water partition coefficient (Wildman–Crippen LogP) is 3.07. The fraction of sp³-hybridized carbons (Fsp3) is 0.316. The van der Waals surface area contributed by atoms with Crippen molar-refractivity contribution in [1.29, 1.82) is 0 Å². The van der Waals surface area contributed by atoms with E-state index < -0.39 is 11.9 Å². The van der Waals surface area contributed by atoms with Crippen LogP contribution in [0.25, 0.3) is 0 Å². The molecule has 0 aliphatic carbocycles. The van der Waals surface area contributed by atoms with Crippen molar-refractivity contribution < 1.29 is 19.4 Å². The Labute approximate surface area is 156 Å². The fourth-order valence-electron chi connectivity index (χ4n) is 3.23. The second-order valence-corrected chi connectivity index (χ2v) is 6.52. The summed E-state index contributed by atoms with van der Waals surface area (Å²) < 4.78 is 5.27. The minimum atomic E-state index is -0.906. The molecule has 7 heteroatoms. The van der Waals surface area contributed by atoms with Crippen LogP contribution in [0, 0.1) is 5.92 Å². The molecule has 2 atom stereocenters. The molecule has 1 N–H and O–H groups in total. The van der Waals surface area contributed by atoms with E-state index in [0.717, 1.165) is 5.56 Å². The molecule has 0 bridgehead atoms. The number of hydrogen-bond acceptors (Lipinski definition) is 4. The summed E-state index contributed by atoms with van der Waals surface area (Å²) in [6.07, 6.45) is 1.41. The van der Waals surface area contributed by atoms with E-state index in [9.17, 15) is 14.7 Å². The van der Waals surface area contributed by atoms with Crippen molar-refractivity contribution >= 4 is 23.5 Å². The molecule has 1 fully saturated rings. The number of likely N-dealkylation sites (tertiary alicyclic amines) is 1. The number of hydrogen-bond donors (Lipinski definition) is 1. The number of carboxylic acid groups (broad SMARTS) is 1. The zero-order chi connectivity index (χ0) is 18.7. The molecule has 2 aromatic rings. The molecule has 2 heterocycles. The van der Waals surface area contributed by atoms with Crippen molar-refractivity contribution in [3.8, 4) is 5.88 Å². The highest BCUT2D eigenvalue weighted by molar-refractivity contribution is 6.32. The Bertz CT molecular complexity index is 812. The van der Waals surface area contributed by atoms with Crippen molar-refractivity contribution in [1.82, 2.24) is 9.88 Å². The number of aromatic nitrogens is 1. The number of pyridine rings is 1. The van der Waals surface area contributed by atoms with Crippen LogP contribution in [0.3, 0.4) is 0 Å². The summed E-state index contributed by atoms with van der Waals surface area (Å²) in [4.78, 5) is 30.1. The number of ether oxygens (including phenoxy) is 1. The van der Waals surface area contributed by atoms with Crippen molar-refractivity contribution in [2.24, 2.45) is 5.92 Å². The second-order valence-electron chi connectivity index (χ2n) is 6.12. The summed E-state index contributed by atoms with van der Waals surface area (Å²) in [7, 11) is 0. The lowest BCUT2D eigenvalue weighted by Crippen LogP contribution is -2.30. The molecule has 0 unspecified atom stereocenters. The predicted molar refractivity (Wildman–Crippen MR) is 96.6 cm³/mol. The van der Waals surface area contributed by atoms with E-state index in [1.54, 1.807) is 4.90 Å². The van der Waals surface area contributed by atoms with Crippen LogP contribution in [0.5, 0.6) is 5.88 Å². The summed E-state index contributed by atoms with van der Waals surface area (Å²) in [6.45, 7) is 2.73. The minimum Gasteiger partial charge on any atom is -0.481 e. The molecular formula is C19H19ClN2O4. The first kappa shape index (κ1) is 18.2. The molecular weight excluding hydrogens is 356 g/mol. The largest absolute Gasteiger partial charge is 0.481 e. The second kappa shape index (κ2) is 7.74. The third-order valence-corrected chi connectivity index (χ3v) is 4.76. The molecule has 0 radical (unpaired) electrons. The molecule has 26 heavy (non-hydrogen) atoms. The van der Waals surface area contributed by atoms with E-state index in [-0.39, 0.29) is 29.3 Å². The van der Waals surface area contributed by atoms with E-state index in [0.29, 0.717) is 18.7 Å². The van der Waals surface area contributed by atoms with Gasteiger partial charge in [-0.15, -0.1) is 0 Å². The van der Waals surface area contributed by atoms with Gasteiger partial charge in [-0.25, -0.2) is 4.98 Å². The number of rotatable bonds is 5. The van der Waals surface area contributed by atoms with Gasteiger partial charge in [0.15, 0.2) is 0 Å². The zero-order valence-electron chi connectivity index (χ0n) is 14.3. The first-order valence-corrected chi connectivity index (χ1v) is 8.74. The quantitative estimate of drug-likeness (QED) is 0.870. The van der Waals surface area contributed by atoms with Crippen molar-refractivity contribution in [3.05, 3.63) is 58.7 Å². The Kier molecular flexibility index (Phi) is 5.42. The van der Waals surface area contributed by atoms with Gasteiger partial charge in [-0.1, -0.05) is 41.9 Å². The summed E-state index contributed by atoms with van der Waals surface area (Å²) in [5, 5.41) is 9.82. The number of aliphatic carboxylic acids is 1. The average molecular weight is 375 g/mol. The van der Waals surface area contributed by atoms with Gasteiger partial charge in [0.1, 0.15) is 5.02 Å². The zero-order valence-corrected chi connectivity index (χ0v) is 15.0. The Balaban J connectivity index is 1.82. The molecule has 0 saturated carbocycles. The van der Waals surface area contributed by atoms with Gasteiger partial charge >= 0.3 is 5.97 Å². The lowest BCUT2D eigenvalue weighted by atomic mass is 9.89. The molecule has 0 spiro atoms. The highest BCUT2D eigenvalue weighted by Gasteiger charge is 2.40. The first-order valence-electron chi connectivity index (χ1n) is 8.36. The van der Waals surface area contributed by atoms with Gasteiger partial charge in [-0.2, -0.15) is 0 Å². The van der Waals surface area contributed by atoms with Crippen molar-refractivity contribution in [2.75, 3.05) is 19.7 Å². The summed E-state index contributed by atoms with van der Waals surface area (Å²) in [6, 6.07) is 10.9. The number of amides is 1. The Hall–Kier alpha value is -2.60. The average Bonchev–Trinajstić information content (AvgIpc) is 3.09. The highest BCUT2D eigenvalue weighted by Crippen LogP contribution is 2.34. The molecule has 1 amide bonds. The van der Waals surface area contributed by atoms with Crippen LogP contribution >= 0.6 is 11.6 Å². The fourth-order valence-corrected chi connectivity index (χ4v) is 3.45. The van der Waals surface area contributed by atoms with Gasteiger partial charge in [0.2, 0.25) is 5.88 Å². The van der Waals surface area contributed by atoms with Crippen LogP contribution in [-0.4, -0.2) is 46.6 Å². The molecule has 1 aromatic heterocycles. The number of carbonyl (C=O) groups excluding carboxylic acids is 1. The Morgan fingerprint density at radius 1 is 1.31 bits per heavy atom. The molecule has 1 aromatic carbocycles. The lowest BCUT2D eigenvalue weighted by molar-refractivity contribution is -0.141. The standard InChI is InChI=1S/C19H19ClN2O4/c1-2-26-17-16(20)8-13(9-21-17)18(23)22-10-14(15(11-22)19(24)25)12-6-4-3-5-7-12/h3-9,14-15H,2,10-11H2,1H3,(H,24,25)/t14-,15-/m0/s1. The molecule has 1 aliphatic rings. The van der Waals surface area contributed by atoms with Gasteiger partial charge in [-0.3, -0.25) is 9.59 Å². The molecule has 3 rings (SSSR count). The van der Waals surface area contributed by atoms with Gasteiger partial charge in [-0.05, 0) is 18.6 Å². The summed E-state index contributed by atoms with van der Waals surface area (Å²) >= 11 is 6.11. The third-order valence-electron chi connectivity index (χ3n) is 4.49. The van der Waals surface area contributed by atoms with E-state index >= 15 is 0 Å². The van der Waals surface area contributed by atoms with E-state index in [4.69, 9.17) is 16.3 Å². The maximum atomic E-state index is 12.8. The smallest absolute Gasteiger partial charge is 0.308 e. The van der Waals surface area contributed by atoms with Gasteiger partial charge in [0.05, 0.1) is 18.1 Å². The number of halogens is 1. The van der Waals surface area contributed by atoms with E-state index in [1.165, 1.54) is 12.3 Å². The maximum absolute atomic E-state index is 12.8. The van der Waals surface area contributed by atoms with Crippen molar-refractivity contribution in [2.45, 2.75) is 12.8 Å². The molecule has 1 saturated heterocycles. The van der Waals surface area contributed by atoms with Crippen molar-refractivity contribution in [3.63, 3.8) is 0 Å². The van der Waals surface area contributed by atoms with E-state index in [2.05, 4.69) is 4.98 Å². The summed E-state index contributed by atoms with van der Waals surface area (Å²) in [5.74, 6) is -1.81. The van der Waals surface area contributed by atoms with Gasteiger partial charge in [0, 0.05) is 25.2 Å². The number of benzene rings is 1. The van der Waals surface area contributed by atoms with Crippen LogP contribution in [0.15, 0.2) is 42.6 Å². The monoisotopic (exact) mass is 374 g/mol. The molecule has 1 aliphatic heterocycles. The van der Waals surface area contributed by atoms with Gasteiger partial charge < -0.3 is 14.7 Å². The summed E-state index contributed by atoms with van der Waals surface area (Å²) in [5.41, 5.74) is 1.23. The first-order chi connectivity index (χ1) is 12.5. The molecule has 136 valence electrons. The van der Waals surface area contributed by atoms with E-state index in [1.807, 2.05) is 37.3 Å². The highest BCUT2D eigenvalue weighted by atomic mass is 35.5. The van der Waals surface area contributed by atoms with Crippen LogP contribution in [0.2, 0.25) is 5.02 Å². The Morgan fingerprint density at radius 2 is 2.04 bits per heavy atom. The Morgan fingerprint density at radius 3 is 2.65 bits per heavy atom. The SMILES string of the molecule is CCOc1ncc(C(=O)N2C[C@H](C(=O)O)[C@H](c3ccccc3)C2)cc1Cl. The minimum absolute atomic E-state index is 0.151. The topological polar surface area (TPSA) is 79.7 Å².